The Balaban J connectivity index is 1.92. The number of aryl methyl sites for hydroxylation is 1. The van der Waals surface area contributed by atoms with Crippen LogP contribution in [-0.2, 0) is 10.0 Å². The molecule has 0 aliphatic carbocycles. The van der Waals surface area contributed by atoms with E-state index in [0.717, 1.165) is 25.2 Å². The van der Waals surface area contributed by atoms with E-state index < -0.39 is 15.8 Å². The fraction of sp³-hybridized carbons (Fsp3) is 0.556. The molecule has 9 heteroatoms. The highest BCUT2D eigenvalue weighted by Gasteiger charge is 2.35. The molecule has 7 nitrogen and oxygen atoms in total. The molecule has 1 unspecified atom stereocenters. The smallest absolute Gasteiger partial charge is 0.245 e. The Labute approximate surface area is 159 Å². The highest BCUT2D eigenvalue weighted by atomic mass is 32.2. The number of hydrogen-bond acceptors (Lipinski definition) is 6. The van der Waals surface area contributed by atoms with Crippen LogP contribution in [0, 0.1) is 18.7 Å². The molecule has 2 aromatic rings. The lowest BCUT2D eigenvalue weighted by Crippen LogP contribution is -2.39. The van der Waals surface area contributed by atoms with Crippen molar-refractivity contribution in [3.8, 4) is 0 Å². The molecule has 1 aromatic heterocycles. The Bertz CT molecular complexity index is 867. The zero-order chi connectivity index (χ0) is 19.6. The number of hydrogen-bond donors (Lipinski definition) is 0. The maximum Gasteiger partial charge on any atom is 0.245 e. The van der Waals surface area contributed by atoms with E-state index in [1.54, 1.807) is 6.92 Å². The first kappa shape index (κ1) is 19.9. The van der Waals surface area contributed by atoms with Crippen molar-refractivity contribution < 1.29 is 17.3 Å². The predicted octanol–water partition coefficient (Wildman–Crippen LogP) is 2.61. The third-order valence-corrected chi connectivity index (χ3v) is 6.43. The van der Waals surface area contributed by atoms with Crippen molar-refractivity contribution in [1.82, 2.24) is 19.3 Å². The second-order valence-corrected chi connectivity index (χ2v) is 9.19. The quantitative estimate of drug-likeness (QED) is 0.773. The Morgan fingerprint density at radius 2 is 1.96 bits per heavy atom. The summed E-state index contributed by atoms with van der Waals surface area (Å²) < 4.78 is 46.2. The van der Waals surface area contributed by atoms with Gasteiger partial charge in [0, 0.05) is 26.2 Å². The molecule has 0 N–H and O–H groups in total. The number of rotatable bonds is 5. The van der Waals surface area contributed by atoms with E-state index in [1.807, 2.05) is 0 Å². The van der Waals surface area contributed by atoms with Crippen LogP contribution in [0.3, 0.4) is 0 Å². The number of halogens is 1. The molecular weight excluding hydrogens is 371 g/mol. The van der Waals surface area contributed by atoms with Crippen LogP contribution in [0.2, 0.25) is 0 Å². The molecular formula is C18H25FN4O3S. The zero-order valence-corrected chi connectivity index (χ0v) is 16.6. The van der Waals surface area contributed by atoms with Crippen molar-refractivity contribution in [3.05, 3.63) is 41.8 Å². The van der Waals surface area contributed by atoms with Crippen LogP contribution in [0.1, 0.15) is 38.0 Å². The van der Waals surface area contributed by atoms with E-state index in [4.69, 9.17) is 4.52 Å². The first-order chi connectivity index (χ1) is 12.8. The molecule has 0 spiro atoms. The predicted molar refractivity (Wildman–Crippen MR) is 98.0 cm³/mol. The normalized spacial score (nSPS) is 20.1. The van der Waals surface area contributed by atoms with Crippen LogP contribution < -0.4 is 0 Å². The molecule has 2 heterocycles. The van der Waals surface area contributed by atoms with Crippen molar-refractivity contribution in [1.29, 1.82) is 0 Å². The summed E-state index contributed by atoms with van der Waals surface area (Å²) in [5, 5.41) is 3.87. The lowest BCUT2D eigenvalue weighted by molar-refractivity contribution is 0.146. The molecule has 1 aliphatic heterocycles. The summed E-state index contributed by atoms with van der Waals surface area (Å²) in [6.45, 7) is 8.12. The van der Waals surface area contributed by atoms with E-state index in [0.29, 0.717) is 30.6 Å². The van der Waals surface area contributed by atoms with E-state index >= 15 is 0 Å². The first-order valence-electron chi connectivity index (χ1n) is 9.07. The van der Waals surface area contributed by atoms with Crippen molar-refractivity contribution >= 4 is 10.0 Å². The second kappa shape index (κ2) is 8.04. The molecule has 0 radical (unpaired) electrons. The fourth-order valence-electron chi connectivity index (χ4n) is 3.35. The topological polar surface area (TPSA) is 79.5 Å². The van der Waals surface area contributed by atoms with Gasteiger partial charge in [-0.3, -0.25) is 4.90 Å². The molecule has 1 aliphatic rings. The number of nitrogens with zero attached hydrogens (tertiary/aromatic N) is 4. The minimum absolute atomic E-state index is 0.0849. The number of aromatic nitrogens is 2. The summed E-state index contributed by atoms with van der Waals surface area (Å²) >= 11 is 0. The minimum atomic E-state index is -3.74. The Morgan fingerprint density at radius 3 is 2.56 bits per heavy atom. The maximum atomic E-state index is 13.2. The summed E-state index contributed by atoms with van der Waals surface area (Å²) in [6, 6.07) is 4.61. The van der Waals surface area contributed by atoms with Gasteiger partial charge in [0.2, 0.25) is 15.9 Å². The standard InChI is InChI=1S/C18H25FN4O3S/c1-13(2)11-22-9-4-10-23(12-17(22)18-20-14(3)21-26-18)27(24,25)16-7-5-15(19)6-8-16/h5-8,13,17H,4,9-12H2,1-3H3. The summed E-state index contributed by atoms with van der Waals surface area (Å²) in [7, 11) is -3.74. The Morgan fingerprint density at radius 1 is 1.26 bits per heavy atom. The molecule has 1 atom stereocenters. The van der Waals surface area contributed by atoms with Gasteiger partial charge in [-0.15, -0.1) is 0 Å². The van der Waals surface area contributed by atoms with Gasteiger partial charge in [-0.25, -0.2) is 12.8 Å². The van der Waals surface area contributed by atoms with Gasteiger partial charge in [-0.2, -0.15) is 9.29 Å². The molecule has 0 saturated carbocycles. The average molecular weight is 396 g/mol. The van der Waals surface area contributed by atoms with E-state index in [-0.39, 0.29) is 17.5 Å². The third-order valence-electron chi connectivity index (χ3n) is 4.55. The highest BCUT2D eigenvalue weighted by molar-refractivity contribution is 7.89. The zero-order valence-electron chi connectivity index (χ0n) is 15.8. The van der Waals surface area contributed by atoms with E-state index in [1.165, 1.54) is 16.4 Å². The fourth-order valence-corrected chi connectivity index (χ4v) is 4.83. The molecule has 1 aromatic carbocycles. The van der Waals surface area contributed by atoms with Gasteiger partial charge in [-0.05, 0) is 43.5 Å². The van der Waals surface area contributed by atoms with Crippen LogP contribution in [0.15, 0.2) is 33.7 Å². The Hall–Kier alpha value is -1.84. The number of sulfonamides is 1. The lowest BCUT2D eigenvalue weighted by Gasteiger charge is -2.30. The summed E-state index contributed by atoms with van der Waals surface area (Å²) in [6.07, 6.45) is 0.691. The first-order valence-corrected chi connectivity index (χ1v) is 10.5. The monoisotopic (exact) mass is 396 g/mol. The molecule has 148 valence electrons. The lowest BCUT2D eigenvalue weighted by atomic mass is 10.1. The molecule has 1 fully saturated rings. The number of benzene rings is 1. The average Bonchev–Trinajstić information content (AvgIpc) is 2.91. The molecule has 0 amide bonds. The summed E-state index contributed by atoms with van der Waals surface area (Å²) in [5.41, 5.74) is 0. The second-order valence-electron chi connectivity index (χ2n) is 7.25. The van der Waals surface area contributed by atoms with Crippen LogP contribution >= 0.6 is 0 Å². The molecule has 1 saturated heterocycles. The summed E-state index contributed by atoms with van der Waals surface area (Å²) in [5.74, 6) is 0.893. The maximum absolute atomic E-state index is 13.2. The Kier molecular flexibility index (Phi) is 5.92. The van der Waals surface area contributed by atoms with Gasteiger partial charge in [0.25, 0.3) is 0 Å². The van der Waals surface area contributed by atoms with Crippen molar-refractivity contribution in [3.63, 3.8) is 0 Å². The molecule has 3 rings (SSSR count). The van der Waals surface area contributed by atoms with Crippen molar-refractivity contribution in [2.24, 2.45) is 5.92 Å². The third kappa shape index (κ3) is 4.53. The van der Waals surface area contributed by atoms with Crippen LogP contribution in [0.25, 0.3) is 0 Å². The van der Waals surface area contributed by atoms with Gasteiger partial charge in [0.05, 0.1) is 4.90 Å². The van der Waals surface area contributed by atoms with Gasteiger partial charge >= 0.3 is 0 Å². The molecule has 27 heavy (non-hydrogen) atoms. The van der Waals surface area contributed by atoms with E-state index in [9.17, 15) is 12.8 Å². The largest absolute Gasteiger partial charge is 0.338 e. The summed E-state index contributed by atoms with van der Waals surface area (Å²) in [4.78, 5) is 6.63. The SMILES string of the molecule is Cc1noc(C2CN(S(=O)(=O)c3ccc(F)cc3)CCCN2CC(C)C)n1. The van der Waals surface area contributed by atoms with Crippen LogP contribution in [-0.4, -0.2) is 53.9 Å². The van der Waals surface area contributed by atoms with E-state index in [2.05, 4.69) is 28.9 Å². The van der Waals surface area contributed by atoms with Crippen molar-refractivity contribution in [2.45, 2.75) is 38.1 Å². The van der Waals surface area contributed by atoms with Crippen LogP contribution in [0.4, 0.5) is 4.39 Å². The van der Waals surface area contributed by atoms with Gasteiger partial charge < -0.3 is 4.52 Å². The molecule has 0 bridgehead atoms. The minimum Gasteiger partial charge on any atom is -0.338 e. The highest BCUT2D eigenvalue weighted by Crippen LogP contribution is 2.28. The van der Waals surface area contributed by atoms with Gasteiger partial charge in [0.1, 0.15) is 11.9 Å². The van der Waals surface area contributed by atoms with Crippen molar-refractivity contribution in [2.75, 3.05) is 26.2 Å². The van der Waals surface area contributed by atoms with Gasteiger partial charge in [-0.1, -0.05) is 19.0 Å². The van der Waals surface area contributed by atoms with Crippen LogP contribution in [0.5, 0.6) is 0 Å². The van der Waals surface area contributed by atoms with Gasteiger partial charge in [0.15, 0.2) is 5.82 Å².